The van der Waals surface area contributed by atoms with Crippen LogP contribution in [0.3, 0.4) is 0 Å². The zero-order valence-corrected chi connectivity index (χ0v) is 10.6. The number of nitrogens with one attached hydrogen (secondary N) is 1. The molecule has 1 amide bonds. The Labute approximate surface area is 98.0 Å². The SMILES string of the molecule is CCCC(C)(C)C(=O)[C@H]1CCCNC(=O)C1. The Bertz CT molecular complexity index is 271. The van der Waals surface area contributed by atoms with Gasteiger partial charge in [0.05, 0.1) is 0 Å². The van der Waals surface area contributed by atoms with Gasteiger partial charge in [-0.2, -0.15) is 0 Å². The quantitative estimate of drug-likeness (QED) is 0.798. The molecule has 0 unspecified atom stereocenters. The Morgan fingerprint density at radius 1 is 1.50 bits per heavy atom. The minimum Gasteiger partial charge on any atom is -0.356 e. The van der Waals surface area contributed by atoms with E-state index in [4.69, 9.17) is 0 Å². The molecule has 1 rings (SSSR count). The number of Topliss-reactive ketones (excluding diaryl/α,β-unsaturated/α-hetero) is 1. The summed E-state index contributed by atoms with van der Waals surface area (Å²) >= 11 is 0. The summed E-state index contributed by atoms with van der Waals surface area (Å²) in [6.45, 7) is 6.81. The third kappa shape index (κ3) is 3.32. The maximum absolute atomic E-state index is 12.3. The van der Waals surface area contributed by atoms with Crippen LogP contribution in [0.1, 0.15) is 52.9 Å². The van der Waals surface area contributed by atoms with Crippen LogP contribution in [-0.4, -0.2) is 18.2 Å². The summed E-state index contributed by atoms with van der Waals surface area (Å²) in [6.07, 6.45) is 4.07. The van der Waals surface area contributed by atoms with Crippen molar-refractivity contribution < 1.29 is 9.59 Å². The normalized spacial score (nSPS) is 22.4. The molecule has 1 aliphatic heterocycles. The van der Waals surface area contributed by atoms with Crippen LogP contribution in [0.4, 0.5) is 0 Å². The molecule has 1 atom stereocenters. The molecule has 1 aliphatic rings. The number of amides is 1. The number of hydrogen-bond acceptors (Lipinski definition) is 2. The van der Waals surface area contributed by atoms with Gasteiger partial charge in [0.25, 0.3) is 0 Å². The standard InChI is InChI=1S/C13H23NO2/c1-4-7-13(2,3)12(16)10-6-5-8-14-11(15)9-10/h10H,4-9H2,1-3H3,(H,14,15)/t10-/m0/s1. The lowest BCUT2D eigenvalue weighted by molar-refractivity contribution is -0.134. The number of carbonyl (C=O) groups excluding carboxylic acids is 2. The van der Waals surface area contributed by atoms with Crippen LogP contribution >= 0.6 is 0 Å². The van der Waals surface area contributed by atoms with E-state index in [1.165, 1.54) is 0 Å². The van der Waals surface area contributed by atoms with Crippen molar-refractivity contribution in [3.05, 3.63) is 0 Å². The van der Waals surface area contributed by atoms with E-state index in [1.807, 2.05) is 13.8 Å². The Morgan fingerprint density at radius 3 is 2.81 bits per heavy atom. The van der Waals surface area contributed by atoms with Gasteiger partial charge in [-0.05, 0) is 19.3 Å². The second-order valence-corrected chi connectivity index (χ2v) is 5.39. The lowest BCUT2D eigenvalue weighted by atomic mass is 9.76. The summed E-state index contributed by atoms with van der Waals surface area (Å²) < 4.78 is 0. The second kappa shape index (κ2) is 5.46. The summed E-state index contributed by atoms with van der Waals surface area (Å²) in [5, 5.41) is 2.82. The van der Waals surface area contributed by atoms with Crippen LogP contribution in [0.15, 0.2) is 0 Å². The lowest BCUT2D eigenvalue weighted by Gasteiger charge is -2.26. The highest BCUT2D eigenvalue weighted by Crippen LogP contribution is 2.30. The van der Waals surface area contributed by atoms with E-state index in [2.05, 4.69) is 12.2 Å². The fourth-order valence-electron chi connectivity index (χ4n) is 2.50. The van der Waals surface area contributed by atoms with Gasteiger partial charge in [0.1, 0.15) is 5.78 Å². The minimum atomic E-state index is -0.274. The Kier molecular flexibility index (Phi) is 4.51. The van der Waals surface area contributed by atoms with Gasteiger partial charge < -0.3 is 5.32 Å². The maximum Gasteiger partial charge on any atom is 0.220 e. The van der Waals surface area contributed by atoms with E-state index in [-0.39, 0.29) is 23.0 Å². The topological polar surface area (TPSA) is 46.2 Å². The summed E-state index contributed by atoms with van der Waals surface area (Å²) in [5.74, 6) is 0.235. The van der Waals surface area contributed by atoms with Crippen LogP contribution in [-0.2, 0) is 9.59 Å². The molecule has 0 saturated carbocycles. The zero-order chi connectivity index (χ0) is 12.2. The first-order chi connectivity index (χ1) is 7.47. The molecule has 3 heteroatoms. The van der Waals surface area contributed by atoms with Crippen molar-refractivity contribution in [2.75, 3.05) is 6.54 Å². The minimum absolute atomic E-state index is 0.0307. The molecule has 0 aliphatic carbocycles. The molecule has 0 aromatic heterocycles. The molecular formula is C13H23NO2. The van der Waals surface area contributed by atoms with Crippen LogP contribution in [0.2, 0.25) is 0 Å². The van der Waals surface area contributed by atoms with Crippen LogP contribution in [0, 0.1) is 11.3 Å². The van der Waals surface area contributed by atoms with Gasteiger partial charge in [0, 0.05) is 24.3 Å². The Hall–Kier alpha value is -0.860. The fraction of sp³-hybridized carbons (Fsp3) is 0.846. The summed E-state index contributed by atoms with van der Waals surface area (Å²) in [6, 6.07) is 0. The van der Waals surface area contributed by atoms with Crippen molar-refractivity contribution in [2.24, 2.45) is 11.3 Å². The number of carbonyl (C=O) groups is 2. The van der Waals surface area contributed by atoms with Crippen LogP contribution in [0.25, 0.3) is 0 Å². The molecule has 0 bridgehead atoms. The molecule has 1 saturated heterocycles. The predicted octanol–water partition coefficient (Wildman–Crippen LogP) is 2.30. The van der Waals surface area contributed by atoms with Crippen molar-refractivity contribution in [3.8, 4) is 0 Å². The van der Waals surface area contributed by atoms with E-state index in [1.54, 1.807) is 0 Å². The third-order valence-electron chi connectivity index (χ3n) is 3.40. The average molecular weight is 225 g/mol. The van der Waals surface area contributed by atoms with Gasteiger partial charge in [-0.25, -0.2) is 0 Å². The largest absolute Gasteiger partial charge is 0.356 e. The predicted molar refractivity (Wildman–Crippen MR) is 64.0 cm³/mol. The van der Waals surface area contributed by atoms with Crippen molar-refractivity contribution in [3.63, 3.8) is 0 Å². The van der Waals surface area contributed by atoms with E-state index in [9.17, 15) is 9.59 Å². The highest BCUT2D eigenvalue weighted by molar-refractivity contribution is 5.90. The molecule has 3 nitrogen and oxygen atoms in total. The summed E-state index contributed by atoms with van der Waals surface area (Å²) in [5.41, 5.74) is -0.274. The molecule has 0 aromatic carbocycles. The van der Waals surface area contributed by atoms with Crippen LogP contribution < -0.4 is 5.32 Å². The monoisotopic (exact) mass is 225 g/mol. The molecule has 1 fully saturated rings. The first kappa shape index (κ1) is 13.2. The van der Waals surface area contributed by atoms with E-state index in [0.29, 0.717) is 6.42 Å². The Balaban J connectivity index is 2.67. The lowest BCUT2D eigenvalue weighted by Crippen LogP contribution is -2.32. The molecule has 92 valence electrons. The first-order valence-electron chi connectivity index (χ1n) is 6.28. The second-order valence-electron chi connectivity index (χ2n) is 5.39. The first-order valence-corrected chi connectivity index (χ1v) is 6.28. The third-order valence-corrected chi connectivity index (χ3v) is 3.40. The number of hydrogen-bond donors (Lipinski definition) is 1. The summed E-state index contributed by atoms with van der Waals surface area (Å²) in [7, 11) is 0. The Morgan fingerprint density at radius 2 is 2.19 bits per heavy atom. The van der Waals surface area contributed by atoms with Crippen molar-refractivity contribution in [1.29, 1.82) is 0 Å². The fourth-order valence-corrected chi connectivity index (χ4v) is 2.50. The van der Waals surface area contributed by atoms with Gasteiger partial charge >= 0.3 is 0 Å². The van der Waals surface area contributed by atoms with Crippen molar-refractivity contribution in [2.45, 2.75) is 52.9 Å². The molecule has 16 heavy (non-hydrogen) atoms. The summed E-state index contributed by atoms with van der Waals surface area (Å²) in [4.78, 5) is 23.7. The smallest absolute Gasteiger partial charge is 0.220 e. The molecular weight excluding hydrogens is 202 g/mol. The molecule has 0 spiro atoms. The number of ketones is 1. The molecule has 0 radical (unpaired) electrons. The highest BCUT2D eigenvalue weighted by atomic mass is 16.2. The van der Waals surface area contributed by atoms with Gasteiger partial charge in [-0.15, -0.1) is 0 Å². The van der Waals surface area contributed by atoms with Gasteiger partial charge in [-0.3, -0.25) is 9.59 Å². The van der Waals surface area contributed by atoms with Crippen molar-refractivity contribution in [1.82, 2.24) is 5.32 Å². The maximum atomic E-state index is 12.3. The van der Waals surface area contributed by atoms with Gasteiger partial charge in [0.2, 0.25) is 5.91 Å². The number of rotatable bonds is 4. The van der Waals surface area contributed by atoms with E-state index < -0.39 is 0 Å². The van der Waals surface area contributed by atoms with Crippen LogP contribution in [0.5, 0.6) is 0 Å². The van der Waals surface area contributed by atoms with Gasteiger partial charge in [-0.1, -0.05) is 27.2 Å². The van der Waals surface area contributed by atoms with E-state index in [0.717, 1.165) is 32.2 Å². The molecule has 1 N–H and O–H groups in total. The zero-order valence-electron chi connectivity index (χ0n) is 10.6. The average Bonchev–Trinajstić information content (AvgIpc) is 2.41. The highest BCUT2D eigenvalue weighted by Gasteiger charge is 2.34. The van der Waals surface area contributed by atoms with Crippen molar-refractivity contribution >= 4 is 11.7 Å². The molecule has 0 aromatic rings. The van der Waals surface area contributed by atoms with Gasteiger partial charge in [0.15, 0.2) is 0 Å². The van der Waals surface area contributed by atoms with E-state index >= 15 is 0 Å². The molecule has 1 heterocycles.